The van der Waals surface area contributed by atoms with Gasteiger partial charge in [-0.15, -0.1) is 0 Å². The molecule has 11 heteroatoms. The molecule has 4 rings (SSSR count). The zero-order chi connectivity index (χ0) is 22.2. The zero-order valence-corrected chi connectivity index (χ0v) is 19.0. The topological polar surface area (TPSA) is 105 Å². The molecular weight excluding hydrogens is 418 g/mol. The highest BCUT2D eigenvalue weighted by Gasteiger charge is 2.33. The van der Waals surface area contributed by atoms with Crippen LogP contribution in [0.15, 0.2) is 18.5 Å². The van der Waals surface area contributed by atoms with Crippen LogP contribution in [0.25, 0.3) is 5.82 Å². The average molecular weight is 448 g/mol. The Morgan fingerprint density at radius 2 is 1.74 bits per heavy atom. The van der Waals surface area contributed by atoms with Gasteiger partial charge in [0.15, 0.2) is 5.82 Å². The Hall–Kier alpha value is -2.53. The van der Waals surface area contributed by atoms with Gasteiger partial charge in [-0.1, -0.05) is 0 Å². The van der Waals surface area contributed by atoms with Gasteiger partial charge in [-0.3, -0.25) is 4.79 Å². The van der Waals surface area contributed by atoms with Gasteiger partial charge in [0, 0.05) is 51.0 Å². The Bertz CT molecular complexity index is 1060. The Morgan fingerprint density at radius 1 is 1.03 bits per heavy atom. The van der Waals surface area contributed by atoms with Crippen molar-refractivity contribution >= 4 is 21.7 Å². The molecule has 0 N–H and O–H groups in total. The molecule has 0 radical (unpaired) electrons. The first-order chi connectivity index (χ1) is 14.7. The highest BCUT2D eigenvalue weighted by Crippen LogP contribution is 2.25. The van der Waals surface area contributed by atoms with E-state index in [0.717, 1.165) is 36.6 Å². The maximum absolute atomic E-state index is 13.1. The molecule has 2 aromatic rings. The number of anilines is 1. The van der Waals surface area contributed by atoms with Crippen LogP contribution in [0.2, 0.25) is 0 Å². The third kappa shape index (κ3) is 4.72. The second-order valence-corrected chi connectivity index (χ2v) is 10.3. The van der Waals surface area contributed by atoms with E-state index in [9.17, 15) is 13.2 Å². The van der Waals surface area contributed by atoms with Crippen LogP contribution in [0.4, 0.5) is 5.82 Å². The van der Waals surface area contributed by atoms with E-state index in [2.05, 4.69) is 20.0 Å². The third-order valence-corrected chi connectivity index (χ3v) is 7.28. The third-order valence-electron chi connectivity index (χ3n) is 5.98. The summed E-state index contributed by atoms with van der Waals surface area (Å²) in [4.78, 5) is 25.9. The number of piperidine rings is 1. The molecule has 0 unspecified atom stereocenters. The first kappa shape index (κ1) is 21.7. The zero-order valence-electron chi connectivity index (χ0n) is 18.2. The minimum atomic E-state index is -3.21. The Labute approximate surface area is 182 Å². The molecule has 2 aliphatic heterocycles. The maximum Gasteiger partial charge on any atom is 0.227 e. The first-order valence-electron chi connectivity index (χ1n) is 10.6. The molecule has 2 saturated heterocycles. The Morgan fingerprint density at radius 3 is 2.39 bits per heavy atom. The van der Waals surface area contributed by atoms with E-state index in [1.165, 1.54) is 16.9 Å². The summed E-state index contributed by atoms with van der Waals surface area (Å²) < 4.78 is 26.7. The number of carbonyl (C=O) groups is 1. The predicted octanol–water partition coefficient (Wildman–Crippen LogP) is 0.599. The summed E-state index contributed by atoms with van der Waals surface area (Å²) >= 11 is 0. The average Bonchev–Trinajstić information content (AvgIpc) is 3.11. The van der Waals surface area contributed by atoms with Crippen molar-refractivity contribution in [1.29, 1.82) is 0 Å². The van der Waals surface area contributed by atoms with E-state index < -0.39 is 10.0 Å². The van der Waals surface area contributed by atoms with E-state index in [-0.39, 0.29) is 11.8 Å². The van der Waals surface area contributed by atoms with Crippen molar-refractivity contribution in [1.82, 2.24) is 29.0 Å². The van der Waals surface area contributed by atoms with Crippen molar-refractivity contribution in [2.75, 3.05) is 50.4 Å². The number of aryl methyl sites for hydroxylation is 2. The number of hydrogen-bond acceptors (Lipinski definition) is 7. The lowest BCUT2D eigenvalue weighted by molar-refractivity contribution is -0.137. The fourth-order valence-corrected chi connectivity index (χ4v) is 5.20. The van der Waals surface area contributed by atoms with Crippen molar-refractivity contribution in [2.24, 2.45) is 5.92 Å². The van der Waals surface area contributed by atoms with E-state index >= 15 is 0 Å². The van der Waals surface area contributed by atoms with E-state index in [0.29, 0.717) is 38.5 Å². The minimum Gasteiger partial charge on any atom is -0.356 e. The summed E-state index contributed by atoms with van der Waals surface area (Å²) in [6.07, 6.45) is 4.48. The number of piperazine rings is 1. The molecule has 0 bridgehead atoms. The van der Waals surface area contributed by atoms with Crippen molar-refractivity contribution in [3.05, 3.63) is 29.8 Å². The number of sulfonamides is 1. The molecule has 10 nitrogen and oxygen atoms in total. The van der Waals surface area contributed by atoms with Crippen LogP contribution < -0.4 is 4.90 Å². The summed E-state index contributed by atoms with van der Waals surface area (Å²) in [5.41, 5.74) is 1.93. The fourth-order valence-electron chi connectivity index (χ4n) is 4.37. The number of nitrogens with zero attached hydrogens (tertiary/aromatic N) is 7. The molecule has 0 aromatic carbocycles. The van der Waals surface area contributed by atoms with Crippen LogP contribution in [-0.2, 0) is 14.8 Å². The van der Waals surface area contributed by atoms with Crippen LogP contribution in [0.1, 0.15) is 24.2 Å². The van der Waals surface area contributed by atoms with Gasteiger partial charge in [0.2, 0.25) is 15.9 Å². The summed E-state index contributed by atoms with van der Waals surface area (Å²) in [5, 5.41) is 4.49. The normalized spacial score (nSPS) is 20.8. The summed E-state index contributed by atoms with van der Waals surface area (Å²) in [5.74, 6) is 1.48. The number of carbonyl (C=O) groups excluding carboxylic acids is 1. The molecule has 1 amide bonds. The maximum atomic E-state index is 13.1. The number of hydrogen-bond donors (Lipinski definition) is 0. The van der Waals surface area contributed by atoms with Crippen molar-refractivity contribution in [2.45, 2.75) is 26.7 Å². The van der Waals surface area contributed by atoms with Crippen molar-refractivity contribution in [3.8, 4) is 5.82 Å². The van der Waals surface area contributed by atoms with E-state index in [1.807, 2.05) is 26.0 Å². The van der Waals surface area contributed by atoms with Gasteiger partial charge in [-0.05, 0) is 32.8 Å². The second-order valence-electron chi connectivity index (χ2n) is 8.35. The van der Waals surface area contributed by atoms with Crippen LogP contribution in [0.3, 0.4) is 0 Å². The van der Waals surface area contributed by atoms with Crippen LogP contribution in [-0.4, -0.2) is 88.8 Å². The van der Waals surface area contributed by atoms with Crippen molar-refractivity contribution in [3.63, 3.8) is 0 Å². The lowest BCUT2D eigenvalue weighted by Gasteiger charge is -2.38. The molecule has 2 fully saturated rings. The summed E-state index contributed by atoms with van der Waals surface area (Å²) in [6, 6.07) is 3.91. The minimum absolute atomic E-state index is 0.102. The molecule has 4 heterocycles. The van der Waals surface area contributed by atoms with Gasteiger partial charge in [0.25, 0.3) is 0 Å². The molecule has 1 atom stereocenters. The lowest BCUT2D eigenvalue weighted by atomic mass is 9.96. The van der Waals surface area contributed by atoms with Gasteiger partial charge in [0.1, 0.15) is 12.1 Å². The fraction of sp³-hybridized carbons (Fsp3) is 0.600. The quantitative estimate of drug-likeness (QED) is 0.676. The van der Waals surface area contributed by atoms with Gasteiger partial charge >= 0.3 is 0 Å². The van der Waals surface area contributed by atoms with E-state index in [4.69, 9.17) is 0 Å². The smallest absolute Gasteiger partial charge is 0.227 e. The number of aromatic nitrogens is 4. The summed E-state index contributed by atoms with van der Waals surface area (Å²) in [6.45, 7) is 6.97. The second kappa shape index (κ2) is 8.54. The standard InChI is InChI=1S/C20H29N7O3S/c1-15-11-16(2)27(23-15)19-12-18(21-14-22-19)25-6-4-5-17(13-25)20(28)24-7-9-26(10-8-24)31(3,29)30/h11-12,14,17H,4-10,13H2,1-3H3/t17-/m0/s1. The largest absolute Gasteiger partial charge is 0.356 e. The van der Waals surface area contributed by atoms with Crippen LogP contribution in [0.5, 0.6) is 0 Å². The van der Waals surface area contributed by atoms with Crippen molar-refractivity contribution < 1.29 is 13.2 Å². The number of rotatable bonds is 4. The predicted molar refractivity (Wildman–Crippen MR) is 117 cm³/mol. The SMILES string of the molecule is Cc1cc(C)n(-c2cc(N3CCC[C@H](C(=O)N4CCN(S(C)(=O)=O)CC4)C3)ncn2)n1. The molecule has 0 aliphatic carbocycles. The lowest BCUT2D eigenvalue weighted by Crippen LogP contribution is -2.53. The summed E-state index contributed by atoms with van der Waals surface area (Å²) in [7, 11) is -3.21. The van der Waals surface area contributed by atoms with Gasteiger partial charge in [0.05, 0.1) is 17.9 Å². The molecule has 2 aliphatic rings. The first-order valence-corrected chi connectivity index (χ1v) is 12.4. The van der Waals surface area contributed by atoms with Crippen LogP contribution in [0, 0.1) is 19.8 Å². The van der Waals surface area contributed by atoms with Gasteiger partial charge in [-0.25, -0.2) is 23.1 Å². The molecular formula is C20H29N7O3S. The van der Waals surface area contributed by atoms with Gasteiger partial charge in [-0.2, -0.15) is 9.40 Å². The molecule has 168 valence electrons. The molecule has 31 heavy (non-hydrogen) atoms. The molecule has 0 spiro atoms. The van der Waals surface area contributed by atoms with Gasteiger partial charge < -0.3 is 9.80 Å². The van der Waals surface area contributed by atoms with E-state index in [1.54, 1.807) is 9.58 Å². The Balaban J connectivity index is 1.44. The molecule has 2 aromatic heterocycles. The van der Waals surface area contributed by atoms with Crippen LogP contribution >= 0.6 is 0 Å². The Kier molecular flexibility index (Phi) is 5.98. The highest BCUT2D eigenvalue weighted by molar-refractivity contribution is 7.88. The highest BCUT2D eigenvalue weighted by atomic mass is 32.2. The monoisotopic (exact) mass is 447 g/mol. The molecule has 0 saturated carbocycles. The number of amides is 1.